The molecule has 1 aliphatic rings. The number of nitrogens with zero attached hydrogens (tertiary/aromatic N) is 2. The molecule has 0 unspecified atom stereocenters. The van der Waals surface area contributed by atoms with E-state index in [-0.39, 0.29) is 11.8 Å². The van der Waals surface area contributed by atoms with Gasteiger partial charge in [0.25, 0.3) is 0 Å². The van der Waals surface area contributed by atoms with Crippen molar-refractivity contribution in [3.05, 3.63) is 41.7 Å². The van der Waals surface area contributed by atoms with Gasteiger partial charge in [0.05, 0.1) is 6.54 Å². The van der Waals surface area contributed by atoms with E-state index in [4.69, 9.17) is 9.15 Å². The number of nitrogens with one attached hydrogen (secondary N) is 1. The molecule has 2 heterocycles. The van der Waals surface area contributed by atoms with Crippen LogP contribution in [0.4, 0.5) is 0 Å². The Hall–Kier alpha value is -2.64. The maximum atomic E-state index is 12.7. The van der Waals surface area contributed by atoms with E-state index in [2.05, 4.69) is 10.2 Å². The van der Waals surface area contributed by atoms with E-state index in [9.17, 15) is 9.59 Å². The molecule has 0 bridgehead atoms. The lowest BCUT2D eigenvalue weighted by molar-refractivity contribution is -0.128. The Morgan fingerprint density at radius 3 is 2.70 bits per heavy atom. The van der Waals surface area contributed by atoms with Gasteiger partial charge in [0.15, 0.2) is 0 Å². The predicted molar refractivity (Wildman–Crippen MR) is 117 cm³/mol. The average molecular weight is 414 g/mol. The van der Waals surface area contributed by atoms with Gasteiger partial charge in [0.2, 0.25) is 11.8 Å². The number of fused-ring (bicyclic) bond motifs is 1. The Morgan fingerprint density at radius 1 is 1.20 bits per heavy atom. The van der Waals surface area contributed by atoms with Crippen LogP contribution in [0, 0.1) is 0 Å². The molecule has 2 aromatic rings. The number of furan rings is 1. The first-order valence-corrected chi connectivity index (χ1v) is 10.6. The van der Waals surface area contributed by atoms with Crippen LogP contribution >= 0.6 is 0 Å². The molecule has 0 spiro atoms. The number of ether oxygens (including phenoxy) is 1. The smallest absolute Gasteiger partial charge is 0.246 e. The number of aryl methyl sites for hydroxylation is 1. The van der Waals surface area contributed by atoms with Crippen molar-refractivity contribution in [1.29, 1.82) is 0 Å². The number of rotatable bonds is 9. The Kier molecular flexibility index (Phi) is 8.04. The minimum absolute atomic E-state index is 0.00833. The standard InChI is InChI=1S/C23H31N3O4/c1-3-20-19(18-7-4-5-8-21(18)30-20)9-10-23(28)26-14-12-25(13-15-26)17-22(27)24-11-6-16-29-2/h4-5,7-10H,3,6,11-17H2,1-2H3,(H,24,27)/b10-9+. The van der Waals surface area contributed by atoms with E-state index < -0.39 is 0 Å². The summed E-state index contributed by atoms with van der Waals surface area (Å²) in [5.41, 5.74) is 1.82. The van der Waals surface area contributed by atoms with Crippen LogP contribution in [0.25, 0.3) is 17.0 Å². The van der Waals surface area contributed by atoms with E-state index in [0.29, 0.717) is 45.9 Å². The summed E-state index contributed by atoms with van der Waals surface area (Å²) in [6, 6.07) is 7.88. The summed E-state index contributed by atoms with van der Waals surface area (Å²) in [5, 5.41) is 3.93. The molecule has 1 saturated heterocycles. The van der Waals surface area contributed by atoms with Crippen LogP contribution in [0.15, 0.2) is 34.8 Å². The number of para-hydroxylation sites is 1. The van der Waals surface area contributed by atoms with Gasteiger partial charge in [0, 0.05) is 69.9 Å². The van der Waals surface area contributed by atoms with Gasteiger partial charge in [-0.05, 0) is 18.6 Å². The highest BCUT2D eigenvalue weighted by atomic mass is 16.5. The predicted octanol–water partition coefficient (Wildman–Crippen LogP) is 2.31. The third kappa shape index (κ3) is 5.70. The first-order chi connectivity index (χ1) is 14.6. The molecular formula is C23H31N3O4. The second kappa shape index (κ2) is 10.9. The molecule has 1 aliphatic heterocycles. The summed E-state index contributed by atoms with van der Waals surface area (Å²) >= 11 is 0. The highest BCUT2D eigenvalue weighted by Gasteiger charge is 2.21. The quantitative estimate of drug-likeness (QED) is 0.504. The highest BCUT2D eigenvalue weighted by molar-refractivity contribution is 5.96. The minimum Gasteiger partial charge on any atom is -0.460 e. The SMILES string of the molecule is CCc1oc2ccccc2c1/C=C/C(=O)N1CCN(CC(=O)NCCCOC)CC1. The molecule has 30 heavy (non-hydrogen) atoms. The minimum atomic E-state index is -0.00833. The third-order valence-electron chi connectivity index (χ3n) is 5.32. The van der Waals surface area contributed by atoms with E-state index in [1.807, 2.05) is 42.2 Å². The van der Waals surface area contributed by atoms with Crippen molar-refractivity contribution in [3.63, 3.8) is 0 Å². The lowest BCUT2D eigenvalue weighted by Crippen LogP contribution is -2.50. The monoisotopic (exact) mass is 413 g/mol. The first kappa shape index (κ1) is 22.1. The zero-order valence-electron chi connectivity index (χ0n) is 17.9. The number of benzene rings is 1. The molecule has 2 amide bonds. The van der Waals surface area contributed by atoms with Crippen LogP contribution in [-0.4, -0.2) is 74.6 Å². The average Bonchev–Trinajstić information content (AvgIpc) is 3.13. The number of hydrogen-bond acceptors (Lipinski definition) is 5. The van der Waals surface area contributed by atoms with E-state index in [1.165, 1.54) is 0 Å². The summed E-state index contributed by atoms with van der Waals surface area (Å²) in [7, 11) is 1.65. The molecule has 1 aromatic heterocycles. The fourth-order valence-electron chi connectivity index (χ4n) is 3.65. The van der Waals surface area contributed by atoms with Crippen LogP contribution in [-0.2, 0) is 20.7 Å². The lowest BCUT2D eigenvalue weighted by Gasteiger charge is -2.33. The van der Waals surface area contributed by atoms with Crippen molar-refractivity contribution in [2.45, 2.75) is 19.8 Å². The number of amides is 2. The number of piperazine rings is 1. The van der Waals surface area contributed by atoms with Crippen molar-refractivity contribution >= 4 is 28.9 Å². The summed E-state index contributed by atoms with van der Waals surface area (Å²) < 4.78 is 10.9. The van der Waals surface area contributed by atoms with Crippen molar-refractivity contribution in [3.8, 4) is 0 Å². The number of carbonyl (C=O) groups excluding carboxylic acids is 2. The number of hydrogen-bond donors (Lipinski definition) is 1. The van der Waals surface area contributed by atoms with Gasteiger partial charge in [-0.2, -0.15) is 0 Å². The molecule has 0 saturated carbocycles. The molecule has 0 aliphatic carbocycles. The van der Waals surface area contributed by atoms with Crippen molar-refractivity contribution in [1.82, 2.24) is 15.1 Å². The largest absolute Gasteiger partial charge is 0.460 e. The summed E-state index contributed by atoms with van der Waals surface area (Å²) in [6.07, 6.45) is 5.08. The maximum absolute atomic E-state index is 12.7. The fraction of sp³-hybridized carbons (Fsp3) is 0.478. The highest BCUT2D eigenvalue weighted by Crippen LogP contribution is 2.27. The lowest BCUT2D eigenvalue weighted by atomic mass is 10.1. The molecule has 0 radical (unpaired) electrons. The van der Waals surface area contributed by atoms with E-state index in [0.717, 1.165) is 35.1 Å². The first-order valence-electron chi connectivity index (χ1n) is 10.6. The van der Waals surface area contributed by atoms with Gasteiger partial charge < -0.3 is 19.4 Å². The number of carbonyl (C=O) groups is 2. The maximum Gasteiger partial charge on any atom is 0.246 e. The molecule has 7 nitrogen and oxygen atoms in total. The molecule has 162 valence electrons. The Bertz CT molecular complexity index is 882. The number of methoxy groups -OCH3 is 1. The third-order valence-corrected chi connectivity index (χ3v) is 5.32. The van der Waals surface area contributed by atoms with Crippen LogP contribution in [0.2, 0.25) is 0 Å². The Morgan fingerprint density at radius 2 is 1.97 bits per heavy atom. The Labute approximate surface area is 177 Å². The van der Waals surface area contributed by atoms with Gasteiger partial charge >= 0.3 is 0 Å². The van der Waals surface area contributed by atoms with Gasteiger partial charge in [-0.15, -0.1) is 0 Å². The van der Waals surface area contributed by atoms with Gasteiger partial charge in [0.1, 0.15) is 11.3 Å². The van der Waals surface area contributed by atoms with Crippen LogP contribution in [0.5, 0.6) is 0 Å². The molecule has 1 fully saturated rings. The van der Waals surface area contributed by atoms with Crippen molar-refractivity contribution in [2.24, 2.45) is 0 Å². The van der Waals surface area contributed by atoms with Crippen molar-refractivity contribution < 1.29 is 18.7 Å². The fourth-order valence-corrected chi connectivity index (χ4v) is 3.65. The molecule has 1 N–H and O–H groups in total. The second-order valence-electron chi connectivity index (χ2n) is 7.42. The van der Waals surface area contributed by atoms with Crippen LogP contribution < -0.4 is 5.32 Å². The van der Waals surface area contributed by atoms with Gasteiger partial charge in [-0.3, -0.25) is 14.5 Å². The molecular weight excluding hydrogens is 382 g/mol. The summed E-state index contributed by atoms with van der Waals surface area (Å²) in [6.45, 7) is 6.30. The zero-order valence-corrected chi connectivity index (χ0v) is 17.9. The summed E-state index contributed by atoms with van der Waals surface area (Å²) in [4.78, 5) is 28.6. The van der Waals surface area contributed by atoms with Gasteiger partial charge in [-0.1, -0.05) is 25.1 Å². The van der Waals surface area contributed by atoms with Crippen LogP contribution in [0.1, 0.15) is 24.7 Å². The van der Waals surface area contributed by atoms with Gasteiger partial charge in [-0.25, -0.2) is 0 Å². The Balaban J connectivity index is 1.50. The zero-order chi connectivity index (χ0) is 21.3. The van der Waals surface area contributed by atoms with Crippen molar-refractivity contribution in [2.75, 3.05) is 53.0 Å². The van der Waals surface area contributed by atoms with E-state index in [1.54, 1.807) is 13.2 Å². The molecule has 3 rings (SSSR count). The molecule has 0 atom stereocenters. The second-order valence-corrected chi connectivity index (χ2v) is 7.42. The molecule has 1 aromatic carbocycles. The topological polar surface area (TPSA) is 75.0 Å². The van der Waals surface area contributed by atoms with Crippen LogP contribution in [0.3, 0.4) is 0 Å². The van der Waals surface area contributed by atoms with E-state index >= 15 is 0 Å². The summed E-state index contributed by atoms with van der Waals surface area (Å²) in [5.74, 6) is 0.900. The normalized spacial score (nSPS) is 15.2. The molecule has 7 heteroatoms.